The summed E-state index contributed by atoms with van der Waals surface area (Å²) in [6.45, 7) is 4.57. The molecule has 1 aliphatic rings. The van der Waals surface area contributed by atoms with Crippen molar-refractivity contribution in [3.05, 3.63) is 65.5 Å². The van der Waals surface area contributed by atoms with Gasteiger partial charge in [0.05, 0.1) is 0 Å². The average Bonchev–Trinajstić information content (AvgIpc) is 2.94. The van der Waals surface area contributed by atoms with Gasteiger partial charge in [-0.3, -0.25) is 4.90 Å². The minimum Gasteiger partial charge on any atom is -0.334 e. The molecule has 1 aliphatic heterocycles. The van der Waals surface area contributed by atoms with Crippen LogP contribution in [0.25, 0.3) is 0 Å². The molecule has 0 unspecified atom stereocenters. The molecular formula is C21H26FN3OS. The predicted molar refractivity (Wildman–Crippen MR) is 108 cm³/mol. The Morgan fingerprint density at radius 3 is 2.67 bits per heavy atom. The second kappa shape index (κ2) is 9.76. The molecule has 6 heteroatoms. The fourth-order valence-corrected chi connectivity index (χ4v) is 3.74. The van der Waals surface area contributed by atoms with E-state index < -0.39 is 0 Å². The summed E-state index contributed by atoms with van der Waals surface area (Å²) in [5.74, 6) is -0.208. The van der Waals surface area contributed by atoms with Gasteiger partial charge in [0.2, 0.25) is 0 Å². The molecule has 0 saturated carbocycles. The number of rotatable bonds is 5. The number of carbonyl (C=O) groups is 1. The molecule has 2 amide bonds. The maximum atomic E-state index is 13.0. The monoisotopic (exact) mass is 387 g/mol. The lowest BCUT2D eigenvalue weighted by Gasteiger charge is -2.22. The number of amides is 2. The Bertz CT molecular complexity index is 753. The molecule has 4 nitrogen and oxygen atoms in total. The van der Waals surface area contributed by atoms with Crippen molar-refractivity contribution in [3.8, 4) is 0 Å². The first kappa shape index (κ1) is 19.7. The smallest absolute Gasteiger partial charge is 0.317 e. The molecular weight excluding hydrogens is 361 g/mol. The van der Waals surface area contributed by atoms with Crippen LogP contribution in [0.3, 0.4) is 0 Å². The lowest BCUT2D eigenvalue weighted by molar-refractivity contribution is 0.197. The van der Waals surface area contributed by atoms with E-state index >= 15 is 0 Å². The maximum absolute atomic E-state index is 13.0. The third kappa shape index (κ3) is 5.97. The fourth-order valence-electron chi connectivity index (χ4n) is 3.25. The van der Waals surface area contributed by atoms with E-state index in [2.05, 4.69) is 22.3 Å². The first-order valence-electron chi connectivity index (χ1n) is 9.26. The topological polar surface area (TPSA) is 35.6 Å². The molecule has 3 rings (SSSR count). The molecule has 0 spiro atoms. The van der Waals surface area contributed by atoms with Gasteiger partial charge in [-0.05, 0) is 48.1 Å². The first-order chi connectivity index (χ1) is 13.1. The van der Waals surface area contributed by atoms with E-state index in [1.165, 1.54) is 17.0 Å². The lowest BCUT2D eigenvalue weighted by Crippen LogP contribution is -2.41. The molecule has 2 aromatic rings. The molecule has 144 valence electrons. The number of nitrogens with zero attached hydrogens (tertiary/aromatic N) is 2. The molecule has 2 aromatic carbocycles. The molecule has 0 atom stereocenters. The third-order valence-electron chi connectivity index (χ3n) is 4.77. The Morgan fingerprint density at radius 1 is 1.07 bits per heavy atom. The highest BCUT2D eigenvalue weighted by atomic mass is 32.2. The van der Waals surface area contributed by atoms with Crippen LogP contribution >= 0.6 is 11.8 Å². The van der Waals surface area contributed by atoms with E-state index in [0.29, 0.717) is 13.1 Å². The Labute approximate surface area is 164 Å². The van der Waals surface area contributed by atoms with E-state index in [4.69, 9.17) is 0 Å². The van der Waals surface area contributed by atoms with Crippen LogP contribution in [-0.2, 0) is 13.1 Å². The number of hydrogen-bond donors (Lipinski definition) is 1. The summed E-state index contributed by atoms with van der Waals surface area (Å²) in [6.07, 6.45) is 2.99. The Kier molecular flexibility index (Phi) is 7.12. The summed E-state index contributed by atoms with van der Waals surface area (Å²) in [6, 6.07) is 14.9. The maximum Gasteiger partial charge on any atom is 0.317 e. The summed E-state index contributed by atoms with van der Waals surface area (Å²) in [5, 5.41) is 3.04. The average molecular weight is 388 g/mol. The Morgan fingerprint density at radius 2 is 1.89 bits per heavy atom. The summed E-state index contributed by atoms with van der Waals surface area (Å²) < 4.78 is 13.0. The van der Waals surface area contributed by atoms with Crippen molar-refractivity contribution in [3.63, 3.8) is 0 Å². The highest BCUT2D eigenvalue weighted by Gasteiger charge is 2.19. The van der Waals surface area contributed by atoms with Crippen LogP contribution in [-0.4, -0.2) is 48.3 Å². The summed E-state index contributed by atoms with van der Waals surface area (Å²) >= 11 is 1.70. The Hall–Kier alpha value is -2.05. The molecule has 1 heterocycles. The highest BCUT2D eigenvalue weighted by Crippen LogP contribution is 2.16. The molecule has 0 bridgehead atoms. The molecule has 1 fully saturated rings. The van der Waals surface area contributed by atoms with Crippen molar-refractivity contribution in [2.75, 3.05) is 32.4 Å². The van der Waals surface area contributed by atoms with E-state index in [1.54, 1.807) is 11.8 Å². The van der Waals surface area contributed by atoms with Crippen molar-refractivity contribution in [2.24, 2.45) is 0 Å². The quantitative estimate of drug-likeness (QED) is 0.789. The second-order valence-electron chi connectivity index (χ2n) is 6.75. The van der Waals surface area contributed by atoms with Crippen LogP contribution < -0.4 is 5.32 Å². The van der Waals surface area contributed by atoms with Crippen molar-refractivity contribution in [1.82, 2.24) is 15.1 Å². The van der Waals surface area contributed by atoms with Gasteiger partial charge in [0, 0.05) is 44.2 Å². The van der Waals surface area contributed by atoms with E-state index in [9.17, 15) is 9.18 Å². The molecule has 1 saturated heterocycles. The largest absolute Gasteiger partial charge is 0.334 e. The molecule has 27 heavy (non-hydrogen) atoms. The van der Waals surface area contributed by atoms with Crippen LogP contribution in [0.1, 0.15) is 17.5 Å². The zero-order chi connectivity index (χ0) is 19.1. The number of benzene rings is 2. The zero-order valence-corrected chi connectivity index (χ0v) is 16.5. The van der Waals surface area contributed by atoms with Crippen molar-refractivity contribution in [2.45, 2.75) is 24.4 Å². The number of halogens is 1. The predicted octanol–water partition coefficient (Wildman–Crippen LogP) is 3.97. The first-order valence-corrected chi connectivity index (χ1v) is 10.5. The summed E-state index contributed by atoms with van der Waals surface area (Å²) in [7, 11) is 0. The minimum absolute atomic E-state index is 0.00631. The second-order valence-corrected chi connectivity index (χ2v) is 7.63. The zero-order valence-electron chi connectivity index (χ0n) is 15.7. The number of urea groups is 1. The van der Waals surface area contributed by atoms with Crippen molar-refractivity contribution >= 4 is 17.8 Å². The van der Waals surface area contributed by atoms with Crippen LogP contribution in [0.5, 0.6) is 0 Å². The number of nitrogens with one attached hydrogen (secondary N) is 1. The van der Waals surface area contributed by atoms with Gasteiger partial charge < -0.3 is 10.2 Å². The summed E-state index contributed by atoms with van der Waals surface area (Å²) in [4.78, 5) is 17.9. The minimum atomic E-state index is -0.208. The molecule has 0 radical (unpaired) electrons. The van der Waals surface area contributed by atoms with Crippen molar-refractivity contribution < 1.29 is 9.18 Å². The van der Waals surface area contributed by atoms with Crippen LogP contribution in [0.15, 0.2) is 53.4 Å². The lowest BCUT2D eigenvalue weighted by atomic mass is 10.2. The van der Waals surface area contributed by atoms with Gasteiger partial charge in [-0.25, -0.2) is 9.18 Å². The van der Waals surface area contributed by atoms with Gasteiger partial charge in [0.1, 0.15) is 5.82 Å². The number of hydrogen-bond acceptors (Lipinski definition) is 3. The normalized spacial score (nSPS) is 15.4. The molecule has 0 aliphatic carbocycles. The highest BCUT2D eigenvalue weighted by molar-refractivity contribution is 7.98. The third-order valence-corrected chi connectivity index (χ3v) is 5.50. The van der Waals surface area contributed by atoms with Gasteiger partial charge in [-0.2, -0.15) is 0 Å². The standard InChI is InChI=1S/C21H26FN3OS/c1-27-20-5-2-4-18(14-20)15-23-21(26)25-11-3-10-24(12-13-25)16-17-6-8-19(22)9-7-17/h2,4-9,14H,3,10-13,15-16H2,1H3,(H,23,26). The van der Waals surface area contributed by atoms with Crippen LogP contribution in [0.2, 0.25) is 0 Å². The fraction of sp³-hybridized carbons (Fsp3) is 0.381. The van der Waals surface area contributed by atoms with Gasteiger partial charge >= 0.3 is 6.03 Å². The summed E-state index contributed by atoms with van der Waals surface area (Å²) in [5.41, 5.74) is 2.21. The number of thioether (sulfide) groups is 1. The SMILES string of the molecule is CSc1cccc(CNC(=O)N2CCCN(Cc3ccc(F)cc3)CC2)c1. The number of carbonyl (C=O) groups excluding carboxylic acids is 1. The molecule has 0 aromatic heterocycles. The van der Waals surface area contributed by atoms with Crippen LogP contribution in [0, 0.1) is 5.82 Å². The Balaban J connectivity index is 1.48. The van der Waals surface area contributed by atoms with E-state index in [0.717, 1.165) is 43.7 Å². The molecule has 1 N–H and O–H groups in total. The van der Waals surface area contributed by atoms with E-state index in [1.807, 2.05) is 35.4 Å². The van der Waals surface area contributed by atoms with Crippen molar-refractivity contribution in [1.29, 1.82) is 0 Å². The van der Waals surface area contributed by atoms with E-state index in [-0.39, 0.29) is 11.8 Å². The van der Waals surface area contributed by atoms with Gasteiger partial charge in [-0.15, -0.1) is 11.8 Å². The van der Waals surface area contributed by atoms with Gasteiger partial charge in [0.25, 0.3) is 0 Å². The van der Waals surface area contributed by atoms with Gasteiger partial charge in [-0.1, -0.05) is 24.3 Å². The van der Waals surface area contributed by atoms with Crippen LogP contribution in [0.4, 0.5) is 9.18 Å². The van der Waals surface area contributed by atoms with Gasteiger partial charge in [0.15, 0.2) is 0 Å².